The van der Waals surface area contributed by atoms with Crippen molar-refractivity contribution < 1.29 is 18.0 Å². The summed E-state index contributed by atoms with van der Waals surface area (Å²) in [6, 6.07) is 11.7. The predicted molar refractivity (Wildman–Crippen MR) is 104 cm³/mol. The van der Waals surface area contributed by atoms with Crippen LogP contribution in [0.25, 0.3) is 0 Å². The van der Waals surface area contributed by atoms with E-state index in [1.54, 1.807) is 0 Å². The second-order valence-corrected chi connectivity index (χ2v) is 7.65. The number of carbonyl (C=O) groups is 1. The molecule has 1 N–H and O–H groups in total. The SMILES string of the molecule is Cc1cccc(CN2CCC(C(=O)Nc3ccc(Cl)cc3C(F)(F)F)CC2)c1. The Hall–Kier alpha value is -2.05. The maximum atomic E-state index is 13.2. The van der Waals surface area contributed by atoms with Crippen molar-refractivity contribution in [3.05, 3.63) is 64.2 Å². The fourth-order valence-electron chi connectivity index (χ4n) is 3.52. The summed E-state index contributed by atoms with van der Waals surface area (Å²) in [5.41, 5.74) is 1.25. The number of aryl methyl sites for hydroxylation is 1. The molecular formula is C21H22ClF3N2O. The smallest absolute Gasteiger partial charge is 0.325 e. The van der Waals surface area contributed by atoms with Crippen LogP contribution in [0.4, 0.5) is 18.9 Å². The molecule has 0 saturated carbocycles. The summed E-state index contributed by atoms with van der Waals surface area (Å²) in [4.78, 5) is 14.8. The summed E-state index contributed by atoms with van der Waals surface area (Å²) in [5.74, 6) is -0.673. The molecule has 1 aliphatic heterocycles. The van der Waals surface area contributed by atoms with E-state index in [1.807, 2.05) is 19.1 Å². The van der Waals surface area contributed by atoms with Crippen LogP contribution < -0.4 is 5.32 Å². The van der Waals surface area contributed by atoms with E-state index in [0.717, 1.165) is 25.7 Å². The molecule has 2 aromatic rings. The van der Waals surface area contributed by atoms with Gasteiger partial charge in [0.05, 0.1) is 11.3 Å². The maximum absolute atomic E-state index is 13.2. The van der Waals surface area contributed by atoms with Crippen molar-refractivity contribution in [1.29, 1.82) is 0 Å². The molecule has 1 amide bonds. The number of rotatable bonds is 4. The predicted octanol–water partition coefficient (Wildman–Crippen LogP) is 5.52. The minimum absolute atomic E-state index is 0.0187. The van der Waals surface area contributed by atoms with Gasteiger partial charge in [-0.1, -0.05) is 41.4 Å². The molecule has 0 aromatic heterocycles. The molecule has 150 valence electrons. The van der Waals surface area contributed by atoms with Crippen molar-refractivity contribution in [2.45, 2.75) is 32.5 Å². The van der Waals surface area contributed by atoms with Crippen LogP contribution in [-0.2, 0) is 17.5 Å². The maximum Gasteiger partial charge on any atom is 0.418 e. The van der Waals surface area contributed by atoms with Crippen LogP contribution in [0.5, 0.6) is 0 Å². The van der Waals surface area contributed by atoms with Crippen molar-refractivity contribution in [3.8, 4) is 0 Å². The third-order valence-corrected chi connectivity index (χ3v) is 5.23. The molecule has 1 heterocycles. The second-order valence-electron chi connectivity index (χ2n) is 7.22. The van der Waals surface area contributed by atoms with Crippen molar-refractivity contribution in [1.82, 2.24) is 4.90 Å². The number of halogens is 4. The van der Waals surface area contributed by atoms with E-state index in [9.17, 15) is 18.0 Å². The summed E-state index contributed by atoms with van der Waals surface area (Å²) >= 11 is 5.68. The van der Waals surface area contributed by atoms with Crippen molar-refractivity contribution >= 4 is 23.2 Å². The van der Waals surface area contributed by atoms with Gasteiger partial charge < -0.3 is 5.32 Å². The lowest BCUT2D eigenvalue weighted by atomic mass is 9.95. The number of hydrogen-bond donors (Lipinski definition) is 1. The molecule has 7 heteroatoms. The lowest BCUT2D eigenvalue weighted by molar-refractivity contribution is -0.137. The number of piperidine rings is 1. The Kier molecular flexibility index (Phi) is 6.30. The van der Waals surface area contributed by atoms with E-state index >= 15 is 0 Å². The van der Waals surface area contributed by atoms with Gasteiger partial charge in [-0.2, -0.15) is 13.2 Å². The molecule has 0 bridgehead atoms. The van der Waals surface area contributed by atoms with Gasteiger partial charge in [0.1, 0.15) is 0 Å². The Labute approximate surface area is 167 Å². The molecule has 3 rings (SSSR count). The first-order valence-electron chi connectivity index (χ1n) is 9.18. The van der Waals surface area contributed by atoms with Gasteiger partial charge in [-0.15, -0.1) is 0 Å². The first kappa shape index (κ1) is 20.7. The lowest BCUT2D eigenvalue weighted by Crippen LogP contribution is -2.38. The highest BCUT2D eigenvalue weighted by molar-refractivity contribution is 6.30. The van der Waals surface area contributed by atoms with Crippen LogP contribution in [-0.4, -0.2) is 23.9 Å². The highest BCUT2D eigenvalue weighted by atomic mass is 35.5. The van der Waals surface area contributed by atoms with Gasteiger partial charge >= 0.3 is 6.18 Å². The first-order valence-corrected chi connectivity index (χ1v) is 9.55. The Balaban J connectivity index is 1.59. The molecule has 1 aliphatic rings. The van der Waals surface area contributed by atoms with Crippen LogP contribution in [0, 0.1) is 12.8 Å². The van der Waals surface area contributed by atoms with E-state index in [1.165, 1.54) is 23.3 Å². The van der Waals surface area contributed by atoms with Gasteiger partial charge in [0, 0.05) is 17.5 Å². The largest absolute Gasteiger partial charge is 0.418 e. The first-order chi connectivity index (χ1) is 13.2. The topological polar surface area (TPSA) is 32.3 Å². The number of likely N-dealkylation sites (tertiary alicyclic amines) is 1. The van der Waals surface area contributed by atoms with Crippen LogP contribution in [0.2, 0.25) is 5.02 Å². The van der Waals surface area contributed by atoms with Gasteiger partial charge in [0.2, 0.25) is 5.91 Å². The Morgan fingerprint density at radius 3 is 2.54 bits per heavy atom. The zero-order valence-corrected chi connectivity index (χ0v) is 16.3. The molecule has 1 saturated heterocycles. The third-order valence-electron chi connectivity index (χ3n) is 4.99. The number of anilines is 1. The van der Waals surface area contributed by atoms with E-state index < -0.39 is 11.7 Å². The molecular weight excluding hydrogens is 389 g/mol. The summed E-state index contributed by atoms with van der Waals surface area (Å²) in [6.45, 7) is 4.33. The molecule has 0 atom stereocenters. The standard InChI is InChI=1S/C21H22ClF3N2O/c1-14-3-2-4-15(11-14)13-27-9-7-16(8-10-27)20(28)26-19-6-5-17(22)12-18(19)21(23,24)25/h2-6,11-12,16H,7-10,13H2,1H3,(H,26,28). The average molecular weight is 411 g/mol. The quantitative estimate of drug-likeness (QED) is 0.720. The summed E-state index contributed by atoms with van der Waals surface area (Å²) < 4.78 is 39.6. The monoisotopic (exact) mass is 410 g/mol. The molecule has 2 aromatic carbocycles. The molecule has 0 spiro atoms. The molecule has 1 fully saturated rings. The molecule has 3 nitrogen and oxygen atoms in total. The van der Waals surface area contributed by atoms with Crippen molar-refractivity contribution in [2.24, 2.45) is 5.92 Å². The van der Waals surface area contributed by atoms with E-state index in [2.05, 4.69) is 22.3 Å². The Morgan fingerprint density at radius 2 is 1.89 bits per heavy atom. The normalized spacial score (nSPS) is 16.2. The number of alkyl halides is 3. The minimum atomic E-state index is -4.58. The number of benzene rings is 2. The molecule has 0 radical (unpaired) electrons. The van der Waals surface area contributed by atoms with E-state index in [0.29, 0.717) is 12.8 Å². The average Bonchev–Trinajstić information content (AvgIpc) is 2.63. The van der Waals surface area contributed by atoms with Crippen LogP contribution in [0.1, 0.15) is 29.5 Å². The highest BCUT2D eigenvalue weighted by Gasteiger charge is 2.35. The van der Waals surface area contributed by atoms with Gasteiger partial charge in [0.15, 0.2) is 0 Å². The van der Waals surface area contributed by atoms with E-state index in [-0.39, 0.29) is 22.5 Å². The number of amides is 1. The van der Waals surface area contributed by atoms with Gasteiger partial charge in [-0.25, -0.2) is 0 Å². The Morgan fingerprint density at radius 1 is 1.18 bits per heavy atom. The van der Waals surface area contributed by atoms with Crippen molar-refractivity contribution in [3.63, 3.8) is 0 Å². The van der Waals surface area contributed by atoms with E-state index in [4.69, 9.17) is 11.6 Å². The lowest BCUT2D eigenvalue weighted by Gasteiger charge is -2.31. The van der Waals surface area contributed by atoms with Crippen LogP contribution >= 0.6 is 11.6 Å². The third kappa shape index (κ3) is 5.26. The summed E-state index contributed by atoms with van der Waals surface area (Å²) in [7, 11) is 0. The summed E-state index contributed by atoms with van der Waals surface area (Å²) in [6.07, 6.45) is -3.34. The molecule has 0 unspecified atom stereocenters. The molecule has 28 heavy (non-hydrogen) atoms. The number of hydrogen-bond acceptors (Lipinski definition) is 2. The Bertz CT molecular complexity index is 846. The zero-order chi connectivity index (χ0) is 20.3. The van der Waals surface area contributed by atoms with Crippen LogP contribution in [0.15, 0.2) is 42.5 Å². The van der Waals surface area contributed by atoms with Gasteiger partial charge in [-0.3, -0.25) is 9.69 Å². The fraction of sp³-hybridized carbons (Fsp3) is 0.381. The van der Waals surface area contributed by atoms with Gasteiger partial charge in [-0.05, 0) is 56.6 Å². The molecule has 0 aliphatic carbocycles. The summed E-state index contributed by atoms with van der Waals surface area (Å²) in [5, 5.41) is 2.43. The van der Waals surface area contributed by atoms with Crippen LogP contribution in [0.3, 0.4) is 0 Å². The fourth-order valence-corrected chi connectivity index (χ4v) is 3.69. The zero-order valence-electron chi connectivity index (χ0n) is 15.5. The number of nitrogens with one attached hydrogen (secondary N) is 1. The number of carbonyl (C=O) groups excluding carboxylic acids is 1. The second kappa shape index (κ2) is 8.53. The highest BCUT2D eigenvalue weighted by Crippen LogP contribution is 2.37. The van der Waals surface area contributed by atoms with Gasteiger partial charge in [0.25, 0.3) is 0 Å². The minimum Gasteiger partial charge on any atom is -0.325 e. The van der Waals surface area contributed by atoms with Crippen molar-refractivity contribution in [2.75, 3.05) is 18.4 Å². The number of nitrogens with zero attached hydrogens (tertiary/aromatic N) is 1.